The highest BCUT2D eigenvalue weighted by Crippen LogP contribution is 2.24. The van der Waals surface area contributed by atoms with Crippen LogP contribution in [-0.2, 0) is 11.2 Å². The van der Waals surface area contributed by atoms with Crippen LogP contribution in [0.25, 0.3) is 0 Å². The summed E-state index contributed by atoms with van der Waals surface area (Å²) >= 11 is 3.41. The van der Waals surface area contributed by atoms with Gasteiger partial charge in [0.15, 0.2) is 0 Å². The molecule has 3 rings (SSSR count). The van der Waals surface area contributed by atoms with Gasteiger partial charge in [0.1, 0.15) is 6.10 Å². The Bertz CT molecular complexity index is 657. The van der Waals surface area contributed by atoms with Gasteiger partial charge in [0, 0.05) is 12.6 Å². The topological polar surface area (TPSA) is 42.4 Å². The molecule has 1 saturated heterocycles. The molecular weight excluding hydrogens is 356 g/mol. The van der Waals surface area contributed by atoms with E-state index in [4.69, 9.17) is 4.74 Å². The first kappa shape index (κ1) is 16.0. The summed E-state index contributed by atoms with van der Waals surface area (Å²) in [5.74, 6) is 0.801. The maximum atomic E-state index is 12.1. The summed E-state index contributed by atoms with van der Waals surface area (Å²) in [7, 11) is 0. The summed E-state index contributed by atoms with van der Waals surface area (Å²) in [5.41, 5.74) is 1.28. The number of likely N-dealkylation sites (tertiary alicyclic amines) is 1. The Labute approximate surface area is 144 Å². The predicted molar refractivity (Wildman–Crippen MR) is 92.3 cm³/mol. The zero-order chi connectivity index (χ0) is 16.1. The number of amides is 1. The van der Waals surface area contributed by atoms with Crippen LogP contribution in [0.2, 0.25) is 0 Å². The fraction of sp³-hybridized carbons (Fsp3) is 0.333. The molecule has 0 atom stereocenters. The highest BCUT2D eigenvalue weighted by atomic mass is 79.9. The lowest BCUT2D eigenvalue weighted by Crippen LogP contribution is -2.56. The van der Waals surface area contributed by atoms with Crippen LogP contribution in [-0.4, -0.2) is 35.0 Å². The van der Waals surface area contributed by atoms with Crippen LogP contribution < -0.4 is 4.74 Å². The Morgan fingerprint density at radius 1 is 1.22 bits per heavy atom. The van der Waals surface area contributed by atoms with Crippen molar-refractivity contribution >= 4 is 21.8 Å². The number of hydrogen-bond acceptors (Lipinski definition) is 3. The minimum Gasteiger partial charge on any atom is -0.470 e. The molecule has 1 aromatic carbocycles. The fourth-order valence-corrected chi connectivity index (χ4v) is 2.93. The Hall–Kier alpha value is -1.88. The smallest absolute Gasteiger partial charge is 0.228 e. The van der Waals surface area contributed by atoms with Gasteiger partial charge in [0.25, 0.3) is 0 Å². The first-order chi connectivity index (χ1) is 11.2. The van der Waals surface area contributed by atoms with Crippen molar-refractivity contribution in [3.05, 3.63) is 58.7 Å². The number of carbonyl (C=O) groups excluding carboxylic acids is 1. The summed E-state index contributed by atoms with van der Waals surface area (Å²) in [5, 5.41) is 0. The molecule has 2 heterocycles. The first-order valence-electron chi connectivity index (χ1n) is 7.81. The van der Waals surface area contributed by atoms with E-state index in [0.717, 1.165) is 17.3 Å². The van der Waals surface area contributed by atoms with Crippen LogP contribution in [0.4, 0.5) is 0 Å². The molecule has 1 aliphatic heterocycles. The van der Waals surface area contributed by atoms with Gasteiger partial charge in [-0.2, -0.15) is 0 Å². The number of aromatic nitrogens is 1. The lowest BCUT2D eigenvalue weighted by molar-refractivity contribution is -0.140. The van der Waals surface area contributed by atoms with Crippen molar-refractivity contribution in [2.75, 3.05) is 13.1 Å². The van der Waals surface area contributed by atoms with Gasteiger partial charge >= 0.3 is 0 Å². The van der Waals surface area contributed by atoms with Crippen molar-refractivity contribution in [1.82, 2.24) is 9.88 Å². The summed E-state index contributed by atoms with van der Waals surface area (Å²) in [6, 6.07) is 14.0. The number of aryl methyl sites for hydroxylation is 1. The van der Waals surface area contributed by atoms with Crippen LogP contribution >= 0.6 is 15.9 Å². The molecule has 1 aliphatic rings. The molecule has 1 aromatic heterocycles. The molecule has 0 radical (unpaired) electrons. The zero-order valence-electron chi connectivity index (χ0n) is 12.8. The molecule has 23 heavy (non-hydrogen) atoms. The van der Waals surface area contributed by atoms with Gasteiger partial charge in [-0.1, -0.05) is 30.3 Å². The zero-order valence-corrected chi connectivity index (χ0v) is 14.4. The maximum absolute atomic E-state index is 12.1. The number of hydrogen-bond donors (Lipinski definition) is 0. The molecule has 0 unspecified atom stereocenters. The monoisotopic (exact) mass is 374 g/mol. The minimum absolute atomic E-state index is 0.0410. The summed E-state index contributed by atoms with van der Waals surface area (Å²) in [6.07, 6.45) is 4.16. The molecule has 5 heteroatoms. The van der Waals surface area contributed by atoms with E-state index < -0.39 is 0 Å². The number of rotatable bonds is 6. The number of carbonyl (C=O) groups is 1. The standard InChI is InChI=1S/C18H19BrN2O2/c19-16-9-5-11-20-18(16)23-15-12-21(13-15)17(22)10-4-8-14-6-2-1-3-7-14/h1-3,5-7,9,11,15H,4,8,10,12-13H2. The number of benzene rings is 1. The maximum Gasteiger partial charge on any atom is 0.228 e. The quantitative estimate of drug-likeness (QED) is 0.777. The first-order valence-corrected chi connectivity index (χ1v) is 8.60. The van der Waals surface area contributed by atoms with Gasteiger partial charge < -0.3 is 9.64 Å². The Kier molecular flexibility index (Phi) is 5.28. The molecule has 0 aliphatic carbocycles. The van der Waals surface area contributed by atoms with Crippen molar-refractivity contribution in [2.45, 2.75) is 25.4 Å². The predicted octanol–water partition coefficient (Wildman–Crippen LogP) is 3.46. The van der Waals surface area contributed by atoms with Crippen LogP contribution in [0.15, 0.2) is 53.1 Å². The molecule has 4 nitrogen and oxygen atoms in total. The van der Waals surface area contributed by atoms with Crippen molar-refractivity contribution < 1.29 is 9.53 Å². The van der Waals surface area contributed by atoms with E-state index >= 15 is 0 Å². The van der Waals surface area contributed by atoms with Crippen molar-refractivity contribution in [3.63, 3.8) is 0 Å². The Morgan fingerprint density at radius 3 is 2.74 bits per heavy atom. The van der Waals surface area contributed by atoms with Crippen LogP contribution in [0.1, 0.15) is 18.4 Å². The van der Waals surface area contributed by atoms with Crippen molar-refractivity contribution in [3.8, 4) is 5.88 Å². The molecule has 0 spiro atoms. The lowest BCUT2D eigenvalue weighted by Gasteiger charge is -2.38. The average Bonchev–Trinajstić information content (AvgIpc) is 2.53. The van der Waals surface area contributed by atoms with Crippen LogP contribution in [0, 0.1) is 0 Å². The summed E-state index contributed by atoms with van der Waals surface area (Å²) in [6.45, 7) is 1.29. The molecular formula is C18H19BrN2O2. The fourth-order valence-electron chi connectivity index (χ4n) is 2.58. The second-order valence-corrected chi connectivity index (χ2v) is 6.52. The second kappa shape index (κ2) is 7.59. The van der Waals surface area contributed by atoms with E-state index in [-0.39, 0.29) is 12.0 Å². The van der Waals surface area contributed by atoms with Crippen LogP contribution in [0.3, 0.4) is 0 Å². The third kappa shape index (κ3) is 4.32. The normalized spacial score (nSPS) is 14.4. The van der Waals surface area contributed by atoms with Gasteiger partial charge in [0.05, 0.1) is 17.6 Å². The van der Waals surface area contributed by atoms with E-state index in [1.54, 1.807) is 6.20 Å². The SMILES string of the molecule is O=C(CCCc1ccccc1)N1CC(Oc2ncccc2Br)C1. The van der Waals surface area contributed by atoms with Gasteiger partial charge in [-0.3, -0.25) is 4.79 Å². The lowest BCUT2D eigenvalue weighted by atomic mass is 10.1. The molecule has 120 valence electrons. The summed E-state index contributed by atoms with van der Waals surface area (Å²) in [4.78, 5) is 18.2. The molecule has 2 aromatic rings. The number of halogens is 1. The number of pyridine rings is 1. The van der Waals surface area contributed by atoms with E-state index in [2.05, 4.69) is 33.0 Å². The molecule has 0 saturated carbocycles. The van der Waals surface area contributed by atoms with E-state index in [0.29, 0.717) is 25.4 Å². The van der Waals surface area contributed by atoms with Crippen molar-refractivity contribution in [1.29, 1.82) is 0 Å². The van der Waals surface area contributed by atoms with E-state index in [1.807, 2.05) is 35.2 Å². The highest BCUT2D eigenvalue weighted by molar-refractivity contribution is 9.10. The van der Waals surface area contributed by atoms with Crippen molar-refractivity contribution in [2.24, 2.45) is 0 Å². The van der Waals surface area contributed by atoms with Crippen LogP contribution in [0.5, 0.6) is 5.88 Å². The molecule has 1 fully saturated rings. The van der Waals surface area contributed by atoms with Gasteiger partial charge in [-0.15, -0.1) is 0 Å². The Morgan fingerprint density at radius 2 is 2.00 bits per heavy atom. The largest absolute Gasteiger partial charge is 0.470 e. The third-order valence-electron chi connectivity index (χ3n) is 3.90. The van der Waals surface area contributed by atoms with E-state index in [1.165, 1.54) is 5.56 Å². The molecule has 0 N–H and O–H groups in total. The Balaban J connectivity index is 1.37. The van der Waals surface area contributed by atoms with Gasteiger partial charge in [0.2, 0.25) is 11.8 Å². The summed E-state index contributed by atoms with van der Waals surface area (Å²) < 4.78 is 6.62. The molecule has 0 bridgehead atoms. The third-order valence-corrected chi connectivity index (χ3v) is 4.51. The van der Waals surface area contributed by atoms with Gasteiger partial charge in [-0.25, -0.2) is 4.98 Å². The second-order valence-electron chi connectivity index (χ2n) is 5.67. The highest BCUT2D eigenvalue weighted by Gasteiger charge is 2.32. The number of ether oxygens (including phenoxy) is 1. The number of nitrogens with zero attached hydrogens (tertiary/aromatic N) is 2. The minimum atomic E-state index is 0.0410. The van der Waals surface area contributed by atoms with E-state index in [9.17, 15) is 4.79 Å². The average molecular weight is 375 g/mol. The molecule has 1 amide bonds. The van der Waals surface area contributed by atoms with Gasteiger partial charge in [-0.05, 0) is 46.5 Å².